The van der Waals surface area contributed by atoms with Gasteiger partial charge in [0.05, 0.1) is 29.7 Å². The molecule has 2 unspecified atom stereocenters. The standard InChI is InChI=1S/C20H21N7.C2HF3O2/c1-10-6-5-7-16-19(10)25-20(24-16)15-8-14(15)17-9-18(23-11(2)22-17)27-13(4)21-12(3)26-27;3-2(4,5)1(6)7/h5-7,9,14-15H,8H2,1-4H3,(H,24,25);(H,6,7)/p+1. The zero-order valence-electron chi connectivity index (χ0n) is 18.9. The number of aromatic amines is 3. The number of fused-ring (bicyclic) bond motifs is 1. The van der Waals surface area contributed by atoms with Crippen LogP contribution in [-0.4, -0.2) is 37.2 Å². The van der Waals surface area contributed by atoms with Gasteiger partial charge in [0.25, 0.3) is 5.82 Å². The molecule has 1 aliphatic carbocycles. The van der Waals surface area contributed by atoms with Gasteiger partial charge < -0.3 is 14.9 Å². The number of carbonyl (C=O) groups excluding carboxylic acids is 1. The van der Waals surface area contributed by atoms with E-state index < -0.39 is 12.1 Å². The van der Waals surface area contributed by atoms with Crippen molar-refractivity contribution in [1.29, 1.82) is 0 Å². The van der Waals surface area contributed by atoms with Crippen LogP contribution in [0.3, 0.4) is 0 Å². The number of H-pyrrole nitrogens is 3. The highest BCUT2D eigenvalue weighted by Gasteiger charge is 2.44. The molecule has 1 aliphatic rings. The van der Waals surface area contributed by atoms with Gasteiger partial charge in [-0.05, 0) is 29.7 Å². The van der Waals surface area contributed by atoms with Crippen molar-refractivity contribution < 1.29 is 32.7 Å². The fourth-order valence-electron chi connectivity index (χ4n) is 3.92. The number of nitrogens with one attached hydrogen (secondary N) is 3. The third kappa shape index (κ3) is 4.75. The molecule has 0 aliphatic heterocycles. The van der Waals surface area contributed by atoms with Gasteiger partial charge in [-0.25, -0.2) is 9.97 Å². The highest BCUT2D eigenvalue weighted by atomic mass is 19.4. The molecule has 1 fully saturated rings. The lowest BCUT2D eigenvalue weighted by Crippen LogP contribution is -2.43. The second-order valence-electron chi connectivity index (χ2n) is 8.30. The predicted molar refractivity (Wildman–Crippen MR) is 111 cm³/mol. The molecule has 0 saturated heterocycles. The Morgan fingerprint density at radius 2 is 1.85 bits per heavy atom. The molecule has 12 heteroatoms. The van der Waals surface area contributed by atoms with Crippen LogP contribution in [-0.2, 0) is 4.79 Å². The number of aryl methyl sites for hydroxylation is 4. The van der Waals surface area contributed by atoms with Gasteiger partial charge in [-0.3, -0.25) is 0 Å². The predicted octanol–water partition coefficient (Wildman–Crippen LogP) is 1.58. The van der Waals surface area contributed by atoms with E-state index in [1.54, 1.807) is 0 Å². The van der Waals surface area contributed by atoms with Crippen LogP contribution >= 0.6 is 0 Å². The van der Waals surface area contributed by atoms with Crippen molar-refractivity contribution >= 4 is 17.0 Å². The molecule has 5 rings (SSSR count). The van der Waals surface area contributed by atoms with Crippen molar-refractivity contribution in [2.24, 2.45) is 0 Å². The van der Waals surface area contributed by atoms with E-state index in [2.05, 4.69) is 51.2 Å². The number of hydrogen-bond acceptors (Lipinski definition) is 5. The minimum atomic E-state index is -5.19. The number of nitrogens with zero attached hydrogens (tertiary/aromatic N) is 4. The van der Waals surface area contributed by atoms with Crippen molar-refractivity contribution in [2.45, 2.75) is 52.1 Å². The minimum Gasteiger partial charge on any atom is -0.542 e. The number of carboxylic acids is 1. The van der Waals surface area contributed by atoms with Gasteiger partial charge in [-0.1, -0.05) is 12.1 Å². The molecule has 0 amide bonds. The molecule has 3 N–H and O–H groups in total. The number of aromatic nitrogens is 7. The molecular weight excluding hydrogens is 451 g/mol. The fourth-order valence-corrected chi connectivity index (χ4v) is 3.92. The lowest BCUT2D eigenvalue weighted by Gasteiger charge is -2.03. The zero-order valence-corrected chi connectivity index (χ0v) is 18.9. The molecule has 0 spiro atoms. The molecule has 2 atom stereocenters. The van der Waals surface area contributed by atoms with Crippen LogP contribution in [0.2, 0.25) is 0 Å². The summed E-state index contributed by atoms with van der Waals surface area (Å²) in [6, 6.07) is 8.39. The van der Waals surface area contributed by atoms with E-state index in [1.165, 1.54) is 5.56 Å². The van der Waals surface area contributed by atoms with Crippen LogP contribution in [0.1, 0.15) is 52.8 Å². The van der Waals surface area contributed by atoms with E-state index in [4.69, 9.17) is 19.9 Å². The number of imidazole rings is 1. The Labute approximate surface area is 192 Å². The Morgan fingerprint density at radius 1 is 1.15 bits per heavy atom. The van der Waals surface area contributed by atoms with Gasteiger partial charge in [0.15, 0.2) is 0 Å². The lowest BCUT2D eigenvalue weighted by molar-refractivity contribution is -0.726. The zero-order chi connectivity index (χ0) is 24.8. The molecule has 1 aromatic carbocycles. The average molecular weight is 474 g/mol. The number of aliphatic carboxylic acids is 1. The summed E-state index contributed by atoms with van der Waals surface area (Å²) in [7, 11) is 0. The van der Waals surface area contributed by atoms with Crippen LogP contribution < -0.4 is 14.8 Å². The summed E-state index contributed by atoms with van der Waals surface area (Å²) < 4.78 is 33.5. The summed E-state index contributed by atoms with van der Waals surface area (Å²) in [4.78, 5) is 29.7. The average Bonchev–Trinajstić information content (AvgIpc) is 3.30. The van der Waals surface area contributed by atoms with E-state index in [0.29, 0.717) is 11.8 Å². The van der Waals surface area contributed by atoms with Gasteiger partial charge in [0, 0.05) is 30.7 Å². The first-order valence-corrected chi connectivity index (χ1v) is 10.5. The molecule has 34 heavy (non-hydrogen) atoms. The monoisotopic (exact) mass is 474 g/mol. The Balaban J connectivity index is 0.000000344. The van der Waals surface area contributed by atoms with E-state index in [9.17, 15) is 13.2 Å². The third-order valence-electron chi connectivity index (χ3n) is 5.54. The van der Waals surface area contributed by atoms with Crippen LogP contribution in [0, 0.1) is 27.7 Å². The van der Waals surface area contributed by atoms with Crippen LogP contribution in [0.4, 0.5) is 13.2 Å². The van der Waals surface area contributed by atoms with E-state index in [1.807, 2.05) is 25.5 Å². The van der Waals surface area contributed by atoms with Crippen LogP contribution in [0.25, 0.3) is 16.9 Å². The Hall–Kier alpha value is -3.83. The highest BCUT2D eigenvalue weighted by Crippen LogP contribution is 2.53. The van der Waals surface area contributed by atoms with Crippen molar-refractivity contribution in [3.05, 3.63) is 58.8 Å². The number of carboxylic acid groups (broad SMARTS) is 1. The normalized spacial score (nSPS) is 17.4. The quantitative estimate of drug-likeness (QED) is 0.436. The van der Waals surface area contributed by atoms with Gasteiger partial charge in [-0.15, -0.1) is 0 Å². The molecule has 4 aromatic rings. The summed E-state index contributed by atoms with van der Waals surface area (Å²) in [5.74, 6) is 2.51. The SMILES string of the molecule is Cc1nc(C)[n+](-c2cc(C3CC3c3nc4c(C)cccc4[nH]3)nc(C)[nH+]2)[nH]1.O=C([O-])C(F)(F)F. The second kappa shape index (κ2) is 8.50. The van der Waals surface area contributed by atoms with Gasteiger partial charge in [-0.2, -0.15) is 23.3 Å². The van der Waals surface area contributed by atoms with Crippen LogP contribution in [0.15, 0.2) is 24.3 Å². The Bertz CT molecular complexity index is 1380. The number of para-hydroxylation sites is 1. The molecule has 1 saturated carbocycles. The molecular formula is C22H23F3N7O2+. The fraction of sp³-hybridized carbons (Fsp3) is 0.364. The topological polar surface area (TPSA) is 128 Å². The Kier molecular flexibility index (Phi) is 5.84. The summed E-state index contributed by atoms with van der Waals surface area (Å²) >= 11 is 0. The summed E-state index contributed by atoms with van der Waals surface area (Å²) in [5.41, 5.74) is 4.49. The third-order valence-corrected chi connectivity index (χ3v) is 5.54. The maximum absolute atomic E-state index is 10.5. The molecule has 178 valence electrons. The van der Waals surface area contributed by atoms with Crippen LogP contribution in [0.5, 0.6) is 0 Å². The maximum atomic E-state index is 10.5. The number of hydrogen-bond donors (Lipinski definition) is 2. The number of halogens is 3. The van der Waals surface area contributed by atoms with Crippen molar-refractivity contribution in [3.8, 4) is 5.82 Å². The number of benzene rings is 1. The summed E-state index contributed by atoms with van der Waals surface area (Å²) in [5, 5.41) is 12.1. The number of carbonyl (C=O) groups is 1. The summed E-state index contributed by atoms with van der Waals surface area (Å²) in [6.07, 6.45) is -4.12. The minimum absolute atomic E-state index is 0.392. The lowest BCUT2D eigenvalue weighted by atomic mass is 10.2. The maximum Gasteiger partial charge on any atom is 0.430 e. The van der Waals surface area contributed by atoms with E-state index in [0.717, 1.165) is 52.3 Å². The van der Waals surface area contributed by atoms with Gasteiger partial charge >= 0.3 is 17.8 Å². The first kappa shape index (κ1) is 23.3. The first-order chi connectivity index (χ1) is 15.9. The largest absolute Gasteiger partial charge is 0.542 e. The second-order valence-corrected chi connectivity index (χ2v) is 8.30. The molecule has 9 nitrogen and oxygen atoms in total. The van der Waals surface area contributed by atoms with Gasteiger partial charge in [0.1, 0.15) is 11.8 Å². The Morgan fingerprint density at radius 3 is 2.44 bits per heavy atom. The molecule has 0 bridgehead atoms. The van der Waals surface area contributed by atoms with Crippen molar-refractivity contribution in [2.75, 3.05) is 0 Å². The molecule has 3 heterocycles. The first-order valence-electron chi connectivity index (χ1n) is 10.5. The van der Waals surface area contributed by atoms with E-state index >= 15 is 0 Å². The number of alkyl halides is 3. The number of rotatable bonds is 3. The summed E-state index contributed by atoms with van der Waals surface area (Å²) in [6.45, 7) is 8.05. The van der Waals surface area contributed by atoms with Crippen molar-refractivity contribution in [1.82, 2.24) is 25.0 Å². The van der Waals surface area contributed by atoms with Gasteiger partial charge in [0.2, 0.25) is 5.82 Å². The van der Waals surface area contributed by atoms with E-state index in [-0.39, 0.29) is 0 Å². The van der Waals surface area contributed by atoms with Crippen molar-refractivity contribution in [3.63, 3.8) is 0 Å². The smallest absolute Gasteiger partial charge is 0.430 e. The molecule has 0 radical (unpaired) electrons. The molecule has 3 aromatic heterocycles. The highest BCUT2D eigenvalue weighted by molar-refractivity contribution is 5.78.